The van der Waals surface area contributed by atoms with Gasteiger partial charge in [-0.1, -0.05) is 29.4 Å². The topological polar surface area (TPSA) is 81.6 Å². The SMILES string of the molecule is COc1cccc(Cc2cnc(C3CCCN(C(=O)c4cc(-c5cccc(F)c5)no4)C3)o2)c1. The van der Waals surface area contributed by atoms with E-state index in [-0.39, 0.29) is 23.4 Å². The zero-order valence-electron chi connectivity index (χ0n) is 18.7. The Bertz CT molecular complexity index is 1300. The van der Waals surface area contributed by atoms with Gasteiger partial charge in [-0.05, 0) is 42.7 Å². The number of rotatable bonds is 6. The standard InChI is InChI=1S/C26H24FN3O4/c1-32-21-9-2-5-17(11-21)12-22-15-28-25(33-22)19-7-4-10-30(16-19)26(31)24-14-23(29-34-24)18-6-3-8-20(27)13-18/h2-3,5-6,8-9,11,13-15,19H,4,7,10,12,16H2,1H3. The maximum Gasteiger partial charge on any atom is 0.292 e. The van der Waals surface area contributed by atoms with Gasteiger partial charge >= 0.3 is 0 Å². The summed E-state index contributed by atoms with van der Waals surface area (Å²) in [5.41, 5.74) is 2.05. The Balaban J connectivity index is 1.26. The van der Waals surface area contributed by atoms with Crippen LogP contribution in [0, 0.1) is 5.82 Å². The molecule has 0 bridgehead atoms. The molecule has 7 nitrogen and oxygen atoms in total. The molecule has 5 rings (SSSR count). The summed E-state index contributed by atoms with van der Waals surface area (Å²) in [6.07, 6.45) is 4.07. The number of methoxy groups -OCH3 is 1. The first kappa shape index (κ1) is 21.9. The van der Waals surface area contributed by atoms with Gasteiger partial charge in [0.05, 0.1) is 19.2 Å². The van der Waals surface area contributed by atoms with Crippen LogP contribution >= 0.6 is 0 Å². The number of amides is 1. The number of oxazole rings is 1. The number of likely N-dealkylation sites (tertiary alicyclic amines) is 1. The van der Waals surface area contributed by atoms with Gasteiger partial charge in [-0.25, -0.2) is 9.37 Å². The first-order chi connectivity index (χ1) is 16.6. The van der Waals surface area contributed by atoms with E-state index in [9.17, 15) is 9.18 Å². The third kappa shape index (κ3) is 4.71. The van der Waals surface area contributed by atoms with Crippen LogP contribution in [0.4, 0.5) is 4.39 Å². The van der Waals surface area contributed by atoms with Gasteiger partial charge < -0.3 is 18.6 Å². The van der Waals surface area contributed by atoms with Crippen molar-refractivity contribution in [2.45, 2.75) is 25.2 Å². The van der Waals surface area contributed by atoms with E-state index in [2.05, 4.69) is 10.1 Å². The number of carbonyl (C=O) groups excluding carboxylic acids is 1. The van der Waals surface area contributed by atoms with Gasteiger partial charge in [0.1, 0.15) is 23.0 Å². The summed E-state index contributed by atoms with van der Waals surface area (Å²) in [4.78, 5) is 19.3. The Hall–Kier alpha value is -3.94. The molecule has 0 radical (unpaired) electrons. The normalized spacial score (nSPS) is 15.9. The molecule has 1 atom stereocenters. The van der Waals surface area contributed by atoms with Gasteiger partial charge in [-0.2, -0.15) is 0 Å². The van der Waals surface area contributed by atoms with E-state index >= 15 is 0 Å². The van der Waals surface area contributed by atoms with Gasteiger partial charge in [0.15, 0.2) is 5.89 Å². The Morgan fingerprint density at radius 3 is 2.94 bits per heavy atom. The molecule has 1 saturated heterocycles. The molecule has 4 aromatic rings. The third-order valence-corrected chi connectivity index (χ3v) is 5.98. The number of aromatic nitrogens is 2. The molecule has 1 aliphatic heterocycles. The second-order valence-electron chi connectivity index (χ2n) is 8.37. The Kier molecular flexibility index (Phi) is 6.12. The minimum absolute atomic E-state index is 0.00219. The monoisotopic (exact) mass is 461 g/mol. The predicted molar refractivity (Wildman–Crippen MR) is 122 cm³/mol. The van der Waals surface area contributed by atoms with E-state index in [4.69, 9.17) is 13.7 Å². The molecular formula is C26H24FN3O4. The molecule has 0 saturated carbocycles. The van der Waals surface area contributed by atoms with E-state index in [1.165, 1.54) is 12.1 Å². The van der Waals surface area contributed by atoms with Crippen LogP contribution in [0.15, 0.2) is 69.7 Å². The fourth-order valence-corrected chi connectivity index (χ4v) is 4.26. The molecule has 3 heterocycles. The summed E-state index contributed by atoms with van der Waals surface area (Å²) in [6.45, 7) is 1.09. The van der Waals surface area contributed by atoms with E-state index in [1.807, 2.05) is 24.3 Å². The number of benzene rings is 2. The minimum atomic E-state index is -0.371. The van der Waals surface area contributed by atoms with Crippen LogP contribution in [0.1, 0.15) is 46.5 Å². The molecule has 1 aliphatic rings. The van der Waals surface area contributed by atoms with Crippen LogP contribution in [0.5, 0.6) is 5.75 Å². The molecule has 8 heteroatoms. The maximum atomic E-state index is 13.5. The van der Waals surface area contributed by atoms with Crippen molar-refractivity contribution in [3.63, 3.8) is 0 Å². The van der Waals surface area contributed by atoms with Crippen molar-refractivity contribution in [2.24, 2.45) is 0 Å². The fourth-order valence-electron chi connectivity index (χ4n) is 4.26. The number of ether oxygens (including phenoxy) is 1. The second kappa shape index (κ2) is 9.51. The minimum Gasteiger partial charge on any atom is -0.497 e. The highest BCUT2D eigenvalue weighted by molar-refractivity contribution is 5.92. The predicted octanol–water partition coefficient (Wildman–Crippen LogP) is 5.09. The van der Waals surface area contributed by atoms with Gasteiger partial charge in [-0.15, -0.1) is 0 Å². The number of piperidine rings is 1. The van der Waals surface area contributed by atoms with Crippen molar-refractivity contribution in [3.05, 3.63) is 89.6 Å². The highest BCUT2D eigenvalue weighted by Gasteiger charge is 2.30. The Morgan fingerprint density at radius 1 is 1.21 bits per heavy atom. The van der Waals surface area contributed by atoms with Crippen LogP contribution in [0.3, 0.4) is 0 Å². The Labute approximate surface area is 196 Å². The number of halogens is 1. The van der Waals surface area contributed by atoms with Crippen molar-refractivity contribution in [1.82, 2.24) is 15.0 Å². The number of hydrogen-bond donors (Lipinski definition) is 0. The quantitative estimate of drug-likeness (QED) is 0.398. The molecular weight excluding hydrogens is 437 g/mol. The first-order valence-corrected chi connectivity index (χ1v) is 11.2. The zero-order chi connectivity index (χ0) is 23.5. The summed E-state index contributed by atoms with van der Waals surface area (Å²) >= 11 is 0. The molecule has 2 aromatic heterocycles. The van der Waals surface area contributed by atoms with E-state index < -0.39 is 0 Å². The van der Waals surface area contributed by atoms with E-state index in [0.717, 1.165) is 29.9 Å². The largest absolute Gasteiger partial charge is 0.497 e. The summed E-state index contributed by atoms with van der Waals surface area (Å²) < 4.78 is 30.1. The lowest BCUT2D eigenvalue weighted by atomic mass is 9.97. The van der Waals surface area contributed by atoms with Crippen molar-refractivity contribution in [1.29, 1.82) is 0 Å². The molecule has 34 heavy (non-hydrogen) atoms. The lowest BCUT2D eigenvalue weighted by molar-refractivity contribution is 0.0656. The smallest absolute Gasteiger partial charge is 0.292 e. The van der Waals surface area contributed by atoms with Gasteiger partial charge in [-0.3, -0.25) is 4.79 Å². The Morgan fingerprint density at radius 2 is 2.09 bits per heavy atom. The molecule has 2 aromatic carbocycles. The maximum absolute atomic E-state index is 13.5. The van der Waals surface area contributed by atoms with Gasteiger partial charge in [0.25, 0.3) is 5.91 Å². The molecule has 174 valence electrons. The van der Waals surface area contributed by atoms with Crippen LogP contribution in [0.2, 0.25) is 0 Å². The zero-order valence-corrected chi connectivity index (χ0v) is 18.7. The molecule has 1 fully saturated rings. The lowest BCUT2D eigenvalue weighted by Crippen LogP contribution is -2.39. The molecule has 0 spiro atoms. The molecule has 0 N–H and O–H groups in total. The molecule has 1 amide bonds. The van der Waals surface area contributed by atoms with Crippen LogP contribution in [-0.2, 0) is 6.42 Å². The van der Waals surface area contributed by atoms with E-state index in [0.29, 0.717) is 36.7 Å². The van der Waals surface area contributed by atoms with Crippen molar-refractivity contribution in [2.75, 3.05) is 20.2 Å². The third-order valence-electron chi connectivity index (χ3n) is 5.98. The highest BCUT2D eigenvalue weighted by atomic mass is 19.1. The summed E-state index contributed by atoms with van der Waals surface area (Å²) in [7, 11) is 1.64. The first-order valence-electron chi connectivity index (χ1n) is 11.2. The lowest BCUT2D eigenvalue weighted by Gasteiger charge is -2.30. The van der Waals surface area contributed by atoms with Crippen LogP contribution < -0.4 is 4.74 Å². The van der Waals surface area contributed by atoms with Crippen molar-refractivity contribution < 1.29 is 22.9 Å². The van der Waals surface area contributed by atoms with E-state index in [1.54, 1.807) is 36.4 Å². The average Bonchev–Trinajstić information content (AvgIpc) is 3.54. The summed E-state index contributed by atoms with van der Waals surface area (Å²) in [5.74, 6) is 1.71. The number of nitrogens with zero attached hydrogens (tertiary/aromatic N) is 3. The van der Waals surface area contributed by atoms with Gasteiger partial charge in [0.2, 0.25) is 5.76 Å². The molecule has 1 unspecified atom stereocenters. The summed E-state index contributed by atoms with van der Waals surface area (Å²) in [6, 6.07) is 15.4. The molecule has 0 aliphatic carbocycles. The van der Waals surface area contributed by atoms with Crippen molar-refractivity contribution >= 4 is 5.91 Å². The van der Waals surface area contributed by atoms with Gasteiger partial charge in [0, 0.05) is 31.1 Å². The number of hydrogen-bond acceptors (Lipinski definition) is 6. The fraction of sp³-hybridized carbons (Fsp3) is 0.269. The van der Waals surface area contributed by atoms with Crippen LogP contribution in [-0.4, -0.2) is 41.1 Å². The summed E-state index contributed by atoms with van der Waals surface area (Å²) in [5, 5.41) is 3.95. The van der Waals surface area contributed by atoms with Crippen LogP contribution in [0.25, 0.3) is 11.3 Å². The second-order valence-corrected chi connectivity index (χ2v) is 8.37. The van der Waals surface area contributed by atoms with Crippen molar-refractivity contribution in [3.8, 4) is 17.0 Å². The average molecular weight is 461 g/mol. The number of carbonyl (C=O) groups is 1. The highest BCUT2D eigenvalue weighted by Crippen LogP contribution is 2.29.